The third kappa shape index (κ3) is 8.05. The summed E-state index contributed by atoms with van der Waals surface area (Å²) in [5.41, 5.74) is 4.93. The van der Waals surface area contributed by atoms with E-state index >= 15 is 0 Å². The van der Waals surface area contributed by atoms with E-state index in [4.69, 9.17) is 0 Å². The Kier molecular flexibility index (Phi) is 12.0. The number of hydrogen-bond acceptors (Lipinski definition) is 7. The number of piperazine rings is 1. The van der Waals surface area contributed by atoms with Gasteiger partial charge in [-0.25, -0.2) is 8.42 Å². The third-order valence-corrected chi connectivity index (χ3v) is 10.9. The van der Waals surface area contributed by atoms with Crippen LogP contribution in [-0.2, 0) is 34.0 Å². The molecule has 2 unspecified atom stereocenters. The second-order valence-electron chi connectivity index (χ2n) is 12.8. The standard InChI is InChI=1S/C36H52N4O4S/c1-7-12-33(35(37-4)30-21-27-13-10-11-14-28(27)22-30)40(34(25-41)26(8-2)9-3)24-29-15-16-31(45(6,43)44)23-32(29)36(42)39-19-17-38(5)18-20-39/h10-16,23,25-26,30,34-35,37H,7-9,17-22,24H2,1-6H3/b33-12+. The topological polar surface area (TPSA) is 90.0 Å². The Hall–Kier alpha value is -3.01. The van der Waals surface area contributed by atoms with Crippen LogP contribution in [0.25, 0.3) is 0 Å². The molecule has 1 amide bonds. The summed E-state index contributed by atoms with van der Waals surface area (Å²) in [6.45, 7) is 9.37. The van der Waals surface area contributed by atoms with Gasteiger partial charge >= 0.3 is 0 Å². The number of allylic oxidation sites excluding steroid dienone is 1. The molecule has 1 saturated heterocycles. The Bertz CT molecular complexity index is 1440. The summed E-state index contributed by atoms with van der Waals surface area (Å²) in [5.74, 6) is 0.264. The number of nitrogens with one attached hydrogen (secondary N) is 1. The zero-order valence-electron chi connectivity index (χ0n) is 28.0. The highest BCUT2D eigenvalue weighted by Gasteiger charge is 2.36. The molecule has 0 spiro atoms. The lowest BCUT2D eigenvalue weighted by atomic mass is 9.88. The van der Waals surface area contributed by atoms with E-state index in [1.54, 1.807) is 18.2 Å². The molecule has 0 bridgehead atoms. The largest absolute Gasteiger partial charge is 0.359 e. The van der Waals surface area contributed by atoms with Crippen LogP contribution in [0.15, 0.2) is 59.1 Å². The van der Waals surface area contributed by atoms with Gasteiger partial charge in [0.25, 0.3) is 5.91 Å². The number of likely N-dealkylation sites (N-methyl/N-ethyl adjacent to an activating group) is 2. The maximum absolute atomic E-state index is 14.1. The molecule has 8 nitrogen and oxygen atoms in total. The van der Waals surface area contributed by atoms with Gasteiger partial charge in [-0.1, -0.05) is 70.0 Å². The third-order valence-electron chi connectivity index (χ3n) is 9.83. The van der Waals surface area contributed by atoms with Crippen molar-refractivity contribution < 1.29 is 18.0 Å². The first-order valence-electron chi connectivity index (χ1n) is 16.5. The number of fused-ring (bicyclic) bond motifs is 1. The Morgan fingerprint density at radius 2 is 1.64 bits per heavy atom. The minimum atomic E-state index is -3.54. The summed E-state index contributed by atoms with van der Waals surface area (Å²) < 4.78 is 25.3. The molecule has 246 valence electrons. The maximum Gasteiger partial charge on any atom is 0.254 e. The number of carbonyl (C=O) groups excluding carboxylic acids is 2. The lowest BCUT2D eigenvalue weighted by Gasteiger charge is -2.41. The zero-order valence-corrected chi connectivity index (χ0v) is 28.8. The summed E-state index contributed by atoms with van der Waals surface area (Å²) in [5, 5.41) is 3.62. The van der Waals surface area contributed by atoms with Crippen molar-refractivity contribution in [2.75, 3.05) is 46.5 Å². The van der Waals surface area contributed by atoms with Gasteiger partial charge in [-0.2, -0.15) is 0 Å². The van der Waals surface area contributed by atoms with Gasteiger partial charge in [0.15, 0.2) is 9.84 Å². The lowest BCUT2D eigenvalue weighted by Crippen LogP contribution is -2.49. The van der Waals surface area contributed by atoms with Crippen LogP contribution in [0.5, 0.6) is 0 Å². The highest BCUT2D eigenvalue weighted by molar-refractivity contribution is 7.90. The van der Waals surface area contributed by atoms with Gasteiger partial charge in [0.2, 0.25) is 0 Å². The number of carbonyl (C=O) groups is 2. The van der Waals surface area contributed by atoms with E-state index in [-0.39, 0.29) is 22.8 Å². The number of aldehydes is 1. The molecule has 1 aliphatic carbocycles. The van der Waals surface area contributed by atoms with Crippen LogP contribution in [0.1, 0.15) is 67.1 Å². The van der Waals surface area contributed by atoms with Crippen molar-refractivity contribution in [1.82, 2.24) is 20.0 Å². The van der Waals surface area contributed by atoms with Crippen LogP contribution in [0.3, 0.4) is 0 Å². The van der Waals surface area contributed by atoms with Gasteiger partial charge in [-0.05, 0) is 74.0 Å². The fourth-order valence-electron chi connectivity index (χ4n) is 7.15. The van der Waals surface area contributed by atoms with E-state index in [9.17, 15) is 18.0 Å². The van der Waals surface area contributed by atoms with E-state index in [2.05, 4.69) is 66.2 Å². The van der Waals surface area contributed by atoms with E-state index in [1.807, 2.05) is 19.0 Å². The molecule has 0 saturated carbocycles. The molecule has 2 aliphatic rings. The van der Waals surface area contributed by atoms with Gasteiger partial charge in [0.1, 0.15) is 6.29 Å². The molecule has 2 atom stereocenters. The molecule has 2 aromatic rings. The summed E-state index contributed by atoms with van der Waals surface area (Å²) >= 11 is 0. The predicted molar refractivity (Wildman–Crippen MR) is 181 cm³/mol. The highest BCUT2D eigenvalue weighted by Crippen LogP contribution is 2.35. The van der Waals surface area contributed by atoms with E-state index in [0.717, 1.165) is 62.7 Å². The molecule has 1 fully saturated rings. The van der Waals surface area contributed by atoms with Crippen LogP contribution in [0.2, 0.25) is 0 Å². The molecular weight excluding hydrogens is 584 g/mol. The normalized spacial score (nSPS) is 17.8. The van der Waals surface area contributed by atoms with Crippen molar-refractivity contribution in [2.24, 2.45) is 11.8 Å². The number of rotatable bonds is 14. The van der Waals surface area contributed by atoms with E-state index in [0.29, 0.717) is 31.1 Å². The second kappa shape index (κ2) is 15.5. The van der Waals surface area contributed by atoms with Crippen LogP contribution in [-0.4, -0.2) is 93.9 Å². The van der Waals surface area contributed by atoms with Crippen molar-refractivity contribution >= 4 is 22.0 Å². The zero-order chi connectivity index (χ0) is 32.7. The molecule has 2 aromatic carbocycles. The average molecular weight is 637 g/mol. The summed E-state index contributed by atoms with van der Waals surface area (Å²) in [4.78, 5) is 33.5. The molecular formula is C36H52N4O4S. The van der Waals surface area contributed by atoms with E-state index in [1.165, 1.54) is 17.4 Å². The monoisotopic (exact) mass is 636 g/mol. The Balaban J connectivity index is 1.81. The summed E-state index contributed by atoms with van der Waals surface area (Å²) in [6.07, 6.45) is 8.85. The van der Waals surface area contributed by atoms with Crippen molar-refractivity contribution in [3.8, 4) is 0 Å². The first-order valence-corrected chi connectivity index (χ1v) is 18.4. The number of amides is 1. The van der Waals surface area contributed by atoms with E-state index < -0.39 is 15.9 Å². The molecule has 1 aliphatic heterocycles. The molecule has 0 radical (unpaired) electrons. The first kappa shape index (κ1) is 34.9. The number of benzene rings is 2. The highest BCUT2D eigenvalue weighted by atomic mass is 32.2. The molecule has 0 aromatic heterocycles. The van der Waals surface area contributed by atoms with Crippen LogP contribution in [0, 0.1) is 11.8 Å². The molecule has 45 heavy (non-hydrogen) atoms. The quantitative estimate of drug-likeness (QED) is 0.304. The Morgan fingerprint density at radius 3 is 2.16 bits per heavy atom. The second-order valence-corrected chi connectivity index (χ2v) is 14.8. The fraction of sp³-hybridized carbons (Fsp3) is 0.556. The van der Waals surface area contributed by atoms with Gasteiger partial charge in [-0.3, -0.25) is 4.79 Å². The van der Waals surface area contributed by atoms with Crippen LogP contribution in [0.4, 0.5) is 0 Å². The van der Waals surface area contributed by atoms with Crippen LogP contribution >= 0.6 is 0 Å². The predicted octanol–water partition coefficient (Wildman–Crippen LogP) is 4.58. The van der Waals surface area contributed by atoms with Gasteiger partial charge in [-0.15, -0.1) is 0 Å². The summed E-state index contributed by atoms with van der Waals surface area (Å²) in [6, 6.07) is 13.1. The lowest BCUT2D eigenvalue weighted by molar-refractivity contribution is -0.114. The maximum atomic E-state index is 14.1. The number of hydrogen-bond donors (Lipinski definition) is 1. The van der Waals surface area contributed by atoms with Crippen molar-refractivity contribution in [1.29, 1.82) is 0 Å². The first-order chi connectivity index (χ1) is 21.6. The Labute approximate surface area is 270 Å². The number of sulfone groups is 1. The summed E-state index contributed by atoms with van der Waals surface area (Å²) in [7, 11) is 0.493. The Morgan fingerprint density at radius 1 is 1.02 bits per heavy atom. The molecule has 1 N–H and O–H groups in total. The van der Waals surface area contributed by atoms with Gasteiger partial charge < -0.3 is 24.8 Å². The van der Waals surface area contributed by atoms with Gasteiger partial charge in [0, 0.05) is 50.2 Å². The minimum Gasteiger partial charge on any atom is -0.359 e. The smallest absolute Gasteiger partial charge is 0.254 e. The van der Waals surface area contributed by atoms with Crippen molar-refractivity contribution in [3.05, 3.63) is 76.5 Å². The molecule has 9 heteroatoms. The van der Waals surface area contributed by atoms with Crippen molar-refractivity contribution in [3.63, 3.8) is 0 Å². The molecule has 4 rings (SSSR count). The van der Waals surface area contributed by atoms with Crippen molar-refractivity contribution in [2.45, 2.75) is 76.4 Å². The van der Waals surface area contributed by atoms with Crippen LogP contribution < -0.4 is 5.32 Å². The fourth-order valence-corrected chi connectivity index (χ4v) is 7.80. The number of nitrogens with zero attached hydrogens (tertiary/aromatic N) is 3. The minimum absolute atomic E-state index is 0.0127. The SMILES string of the molecule is CC/C=C(\C(NC)C1Cc2ccccc2C1)N(Cc1ccc(S(C)(=O)=O)cc1C(=O)N1CCN(C)CC1)C(C=O)C(CC)CC. The molecule has 1 heterocycles. The average Bonchev–Trinajstić information content (AvgIpc) is 3.46. The van der Waals surface area contributed by atoms with Gasteiger partial charge in [0.05, 0.1) is 17.0 Å².